The maximum Gasteiger partial charge on any atom is 0.346 e. The number of hydrogen-bond donors (Lipinski definition) is 0. The molecule has 2 aromatic heterocycles. The van der Waals surface area contributed by atoms with Gasteiger partial charge in [-0.05, 0) is 17.7 Å². The monoisotopic (exact) mass is 329 g/mol. The number of rotatable bonds is 5. The second-order valence-electron chi connectivity index (χ2n) is 4.97. The van der Waals surface area contributed by atoms with Crippen LogP contribution in [-0.2, 0) is 13.7 Å². The highest BCUT2D eigenvalue weighted by Crippen LogP contribution is 2.28. The van der Waals surface area contributed by atoms with Gasteiger partial charge in [0.1, 0.15) is 6.61 Å². The fourth-order valence-electron chi connectivity index (χ4n) is 2.25. The first-order valence-corrected chi connectivity index (χ1v) is 6.78. The molecule has 0 bridgehead atoms. The molecule has 0 radical (unpaired) electrons. The molecule has 10 heteroatoms. The van der Waals surface area contributed by atoms with Crippen molar-refractivity contribution in [2.75, 3.05) is 0 Å². The fourth-order valence-corrected chi connectivity index (χ4v) is 2.25. The van der Waals surface area contributed by atoms with Crippen LogP contribution >= 0.6 is 0 Å². The molecule has 2 heterocycles. The summed E-state index contributed by atoms with van der Waals surface area (Å²) in [6, 6.07) is 5.40. The van der Waals surface area contributed by atoms with Crippen molar-refractivity contribution in [1.29, 1.82) is 0 Å². The van der Waals surface area contributed by atoms with Gasteiger partial charge in [0.15, 0.2) is 5.52 Å². The second kappa shape index (κ2) is 5.91. The third-order valence-corrected chi connectivity index (χ3v) is 3.42. The van der Waals surface area contributed by atoms with Gasteiger partial charge in [0.2, 0.25) is 5.88 Å². The predicted octanol–water partition coefficient (Wildman–Crippen LogP) is 2.36. The molecular weight excluding hydrogens is 318 g/mol. The van der Waals surface area contributed by atoms with Gasteiger partial charge in [-0.2, -0.15) is 0 Å². The van der Waals surface area contributed by atoms with Crippen LogP contribution in [0.4, 0.5) is 11.4 Å². The summed E-state index contributed by atoms with van der Waals surface area (Å²) in [5.74, 6) is 0.286. The molecule has 0 N–H and O–H groups in total. The van der Waals surface area contributed by atoms with Crippen LogP contribution in [0.3, 0.4) is 0 Å². The zero-order chi connectivity index (χ0) is 17.3. The summed E-state index contributed by atoms with van der Waals surface area (Å²) in [5, 5.41) is 21.8. The van der Waals surface area contributed by atoms with Crippen LogP contribution in [0, 0.1) is 20.2 Å². The van der Waals surface area contributed by atoms with Crippen molar-refractivity contribution >= 4 is 22.4 Å². The minimum atomic E-state index is -0.793. The summed E-state index contributed by atoms with van der Waals surface area (Å²) in [5.41, 5.74) is 0.673. The zero-order valence-corrected chi connectivity index (χ0v) is 12.4. The third-order valence-electron chi connectivity index (χ3n) is 3.42. The van der Waals surface area contributed by atoms with Crippen molar-refractivity contribution in [1.82, 2.24) is 14.5 Å². The molecule has 0 atom stereocenters. The molecule has 0 saturated carbocycles. The van der Waals surface area contributed by atoms with Gasteiger partial charge in [-0.25, -0.2) is 9.97 Å². The number of aryl methyl sites for hydroxylation is 1. The van der Waals surface area contributed by atoms with E-state index in [4.69, 9.17) is 4.74 Å². The van der Waals surface area contributed by atoms with Gasteiger partial charge in [-0.3, -0.25) is 20.2 Å². The molecule has 0 aliphatic heterocycles. The lowest BCUT2D eigenvalue weighted by atomic mass is 10.2. The summed E-state index contributed by atoms with van der Waals surface area (Å²) in [4.78, 5) is 28.5. The molecule has 0 saturated heterocycles. The van der Waals surface area contributed by atoms with Crippen molar-refractivity contribution in [3.8, 4) is 5.88 Å². The van der Waals surface area contributed by atoms with Crippen molar-refractivity contribution in [3.05, 3.63) is 62.6 Å². The van der Waals surface area contributed by atoms with Gasteiger partial charge in [-0.15, -0.1) is 0 Å². The third kappa shape index (κ3) is 2.72. The van der Waals surface area contributed by atoms with Crippen LogP contribution in [0.25, 0.3) is 11.0 Å². The zero-order valence-electron chi connectivity index (χ0n) is 12.4. The Kier molecular flexibility index (Phi) is 3.78. The van der Waals surface area contributed by atoms with E-state index in [-0.39, 0.29) is 12.5 Å². The molecule has 0 aliphatic rings. The van der Waals surface area contributed by atoms with Crippen LogP contribution in [0.2, 0.25) is 0 Å². The standard InChI is InChI=1S/C14H11N5O5/c1-17-8-16-13-11(17)4-5-15-14(13)24-7-9-2-3-10(18(20)21)12(6-9)19(22)23/h2-6,8H,7H2,1H3. The Hall–Kier alpha value is -3.56. The number of aromatic nitrogens is 3. The molecule has 0 unspecified atom stereocenters. The Morgan fingerprint density at radius 3 is 2.58 bits per heavy atom. The van der Waals surface area contributed by atoms with E-state index in [0.717, 1.165) is 17.6 Å². The first-order chi connectivity index (χ1) is 11.5. The predicted molar refractivity (Wildman–Crippen MR) is 82.6 cm³/mol. The summed E-state index contributed by atoms with van der Waals surface area (Å²) < 4.78 is 7.38. The Balaban J connectivity index is 1.87. The lowest BCUT2D eigenvalue weighted by molar-refractivity contribution is -0.422. The number of imidazole rings is 1. The molecular formula is C14H11N5O5. The largest absolute Gasteiger partial charge is 0.471 e. The van der Waals surface area contributed by atoms with Crippen molar-refractivity contribution in [3.63, 3.8) is 0 Å². The van der Waals surface area contributed by atoms with E-state index in [1.54, 1.807) is 23.2 Å². The lowest BCUT2D eigenvalue weighted by Gasteiger charge is -2.06. The average Bonchev–Trinajstić information content (AvgIpc) is 2.94. The van der Waals surface area contributed by atoms with E-state index in [0.29, 0.717) is 11.1 Å². The molecule has 0 spiro atoms. The number of pyridine rings is 1. The number of hydrogen-bond acceptors (Lipinski definition) is 7. The van der Waals surface area contributed by atoms with Gasteiger partial charge >= 0.3 is 11.4 Å². The highest BCUT2D eigenvalue weighted by Gasteiger charge is 2.24. The number of fused-ring (bicyclic) bond motifs is 1. The van der Waals surface area contributed by atoms with Crippen molar-refractivity contribution < 1.29 is 14.6 Å². The Morgan fingerprint density at radius 2 is 1.88 bits per heavy atom. The molecule has 0 aliphatic carbocycles. The van der Waals surface area contributed by atoms with Crippen LogP contribution in [0.15, 0.2) is 36.8 Å². The van der Waals surface area contributed by atoms with Gasteiger partial charge in [0, 0.05) is 25.4 Å². The van der Waals surface area contributed by atoms with Gasteiger partial charge in [0.05, 0.1) is 21.7 Å². The van der Waals surface area contributed by atoms with Crippen molar-refractivity contribution in [2.45, 2.75) is 6.61 Å². The van der Waals surface area contributed by atoms with E-state index >= 15 is 0 Å². The van der Waals surface area contributed by atoms with Crippen LogP contribution in [-0.4, -0.2) is 24.4 Å². The van der Waals surface area contributed by atoms with Crippen LogP contribution in [0.1, 0.15) is 5.56 Å². The molecule has 3 rings (SSSR count). The van der Waals surface area contributed by atoms with Crippen LogP contribution in [0.5, 0.6) is 5.88 Å². The molecule has 122 valence electrons. The number of nitrogens with zero attached hydrogens (tertiary/aromatic N) is 5. The lowest BCUT2D eigenvalue weighted by Crippen LogP contribution is -2.01. The maximum atomic E-state index is 11.0. The topological polar surface area (TPSA) is 126 Å². The highest BCUT2D eigenvalue weighted by atomic mass is 16.6. The summed E-state index contributed by atoms with van der Waals surface area (Å²) in [6.45, 7) is -0.0263. The number of benzene rings is 1. The van der Waals surface area contributed by atoms with E-state index in [2.05, 4.69) is 9.97 Å². The Bertz CT molecular complexity index is 952. The first kappa shape index (κ1) is 15.3. The Morgan fingerprint density at radius 1 is 1.12 bits per heavy atom. The molecule has 1 aromatic carbocycles. The average molecular weight is 329 g/mol. The minimum absolute atomic E-state index is 0.0263. The fraction of sp³-hybridized carbons (Fsp3) is 0.143. The smallest absolute Gasteiger partial charge is 0.346 e. The molecule has 0 fully saturated rings. The molecule has 0 amide bonds. The number of nitro benzene ring substituents is 2. The van der Waals surface area contributed by atoms with E-state index in [1.807, 2.05) is 7.05 Å². The van der Waals surface area contributed by atoms with E-state index in [9.17, 15) is 20.2 Å². The van der Waals surface area contributed by atoms with Crippen molar-refractivity contribution in [2.24, 2.45) is 7.05 Å². The number of nitro groups is 2. The van der Waals surface area contributed by atoms with E-state index in [1.165, 1.54) is 6.07 Å². The molecule has 24 heavy (non-hydrogen) atoms. The van der Waals surface area contributed by atoms with Gasteiger partial charge in [-0.1, -0.05) is 0 Å². The second-order valence-corrected chi connectivity index (χ2v) is 4.97. The number of ether oxygens (including phenoxy) is 1. The van der Waals surface area contributed by atoms with Gasteiger partial charge in [0.25, 0.3) is 0 Å². The minimum Gasteiger partial charge on any atom is -0.471 e. The van der Waals surface area contributed by atoms with E-state index < -0.39 is 21.2 Å². The molecule has 3 aromatic rings. The summed E-state index contributed by atoms with van der Waals surface area (Å²) in [7, 11) is 1.83. The SMILES string of the molecule is Cn1cnc2c(OCc3ccc([N+](=O)[O-])c([N+](=O)[O-])c3)nccc21. The summed E-state index contributed by atoms with van der Waals surface area (Å²) >= 11 is 0. The highest BCUT2D eigenvalue weighted by molar-refractivity contribution is 5.79. The van der Waals surface area contributed by atoms with Crippen LogP contribution < -0.4 is 4.74 Å². The quantitative estimate of drug-likeness (QED) is 0.519. The normalized spacial score (nSPS) is 10.7. The first-order valence-electron chi connectivity index (χ1n) is 6.78. The molecule has 10 nitrogen and oxygen atoms in total. The maximum absolute atomic E-state index is 11.0. The Labute approximate surface area is 134 Å². The summed E-state index contributed by atoms with van der Waals surface area (Å²) in [6.07, 6.45) is 3.19. The van der Waals surface area contributed by atoms with Gasteiger partial charge < -0.3 is 9.30 Å².